The lowest BCUT2D eigenvalue weighted by atomic mass is 9.83. The molecular formula is C17H19F3O3. The molecule has 0 aromatic heterocycles. The molecule has 1 heterocycles. The summed E-state index contributed by atoms with van der Waals surface area (Å²) in [6.45, 7) is 3.66. The van der Waals surface area contributed by atoms with E-state index in [1.54, 1.807) is 19.1 Å². The maximum absolute atomic E-state index is 13.7. The molecule has 1 N–H and O–H groups in total. The molecule has 1 aromatic carbocycles. The van der Waals surface area contributed by atoms with Crippen LogP contribution in [0.25, 0.3) is 6.08 Å². The Bertz CT molecular complexity index is 634. The molecule has 1 unspecified atom stereocenters. The number of carbonyl (C=O) groups is 1. The summed E-state index contributed by atoms with van der Waals surface area (Å²) in [4.78, 5) is 11.5. The Balaban J connectivity index is 2.62. The summed E-state index contributed by atoms with van der Waals surface area (Å²) in [6, 6.07) is 4.84. The second-order valence-corrected chi connectivity index (χ2v) is 5.62. The van der Waals surface area contributed by atoms with Crippen molar-refractivity contribution in [3.05, 3.63) is 34.9 Å². The average Bonchev–Trinajstić information content (AvgIpc) is 2.50. The monoisotopic (exact) mass is 328 g/mol. The number of fused-ring (bicyclic) bond motifs is 1. The number of ether oxygens (including phenoxy) is 1. The molecule has 23 heavy (non-hydrogen) atoms. The van der Waals surface area contributed by atoms with E-state index in [2.05, 4.69) is 0 Å². The van der Waals surface area contributed by atoms with Crippen LogP contribution >= 0.6 is 0 Å². The second kappa shape index (κ2) is 6.26. The maximum Gasteiger partial charge on any atom is 0.432 e. The van der Waals surface area contributed by atoms with Gasteiger partial charge in [-0.05, 0) is 36.6 Å². The lowest BCUT2D eigenvalue weighted by molar-refractivity contribution is -0.238. The Morgan fingerprint density at radius 3 is 2.52 bits per heavy atom. The Hall–Kier alpha value is -1.98. The van der Waals surface area contributed by atoms with Gasteiger partial charge in [-0.15, -0.1) is 0 Å². The van der Waals surface area contributed by atoms with E-state index in [1.165, 1.54) is 6.07 Å². The van der Waals surface area contributed by atoms with Crippen LogP contribution < -0.4 is 4.74 Å². The zero-order valence-electron chi connectivity index (χ0n) is 13.0. The van der Waals surface area contributed by atoms with Crippen molar-refractivity contribution in [3.8, 4) is 5.75 Å². The summed E-state index contributed by atoms with van der Waals surface area (Å²) in [7, 11) is 0. The quantitative estimate of drug-likeness (QED) is 0.859. The fourth-order valence-electron chi connectivity index (χ4n) is 2.74. The van der Waals surface area contributed by atoms with E-state index >= 15 is 0 Å². The topological polar surface area (TPSA) is 46.5 Å². The van der Waals surface area contributed by atoms with Gasteiger partial charge >= 0.3 is 12.1 Å². The van der Waals surface area contributed by atoms with E-state index in [9.17, 15) is 23.1 Å². The van der Waals surface area contributed by atoms with Gasteiger partial charge < -0.3 is 9.84 Å². The molecule has 6 heteroatoms. The predicted molar refractivity (Wildman–Crippen MR) is 80.4 cm³/mol. The van der Waals surface area contributed by atoms with Crippen LogP contribution in [0.5, 0.6) is 5.75 Å². The number of hydrogen-bond acceptors (Lipinski definition) is 2. The van der Waals surface area contributed by atoms with Crippen molar-refractivity contribution in [1.82, 2.24) is 0 Å². The van der Waals surface area contributed by atoms with Crippen LogP contribution in [-0.4, -0.2) is 22.9 Å². The highest BCUT2D eigenvalue weighted by molar-refractivity contribution is 5.96. The fraction of sp³-hybridized carbons (Fsp3) is 0.471. The van der Waals surface area contributed by atoms with Gasteiger partial charge in [0.15, 0.2) is 0 Å². The largest absolute Gasteiger partial charge is 0.478 e. The maximum atomic E-state index is 13.7. The van der Waals surface area contributed by atoms with Gasteiger partial charge in [0.05, 0.1) is 5.57 Å². The number of aryl methyl sites for hydroxylation is 1. The first-order chi connectivity index (χ1) is 10.7. The molecule has 0 bridgehead atoms. The van der Waals surface area contributed by atoms with Crippen LogP contribution in [0.1, 0.15) is 44.2 Å². The summed E-state index contributed by atoms with van der Waals surface area (Å²) in [5.41, 5.74) is -2.27. The van der Waals surface area contributed by atoms with E-state index in [0.29, 0.717) is 18.4 Å². The minimum Gasteiger partial charge on any atom is -0.478 e. The highest BCUT2D eigenvalue weighted by Gasteiger charge is 2.62. The number of rotatable bonds is 5. The minimum absolute atomic E-state index is 0.0700. The first-order valence-corrected chi connectivity index (χ1v) is 7.59. The second-order valence-electron chi connectivity index (χ2n) is 5.62. The Labute approximate surface area is 132 Å². The summed E-state index contributed by atoms with van der Waals surface area (Å²) in [5, 5.41) is 9.34. The van der Waals surface area contributed by atoms with Gasteiger partial charge in [0.25, 0.3) is 0 Å². The Morgan fingerprint density at radius 2 is 2.00 bits per heavy atom. The summed E-state index contributed by atoms with van der Waals surface area (Å²) in [5.74, 6) is -1.54. The Kier molecular flexibility index (Phi) is 4.73. The normalized spacial score (nSPS) is 20.5. The number of alkyl halides is 3. The number of unbranched alkanes of at least 4 members (excludes halogenated alkanes) is 1. The number of halogens is 3. The Morgan fingerprint density at radius 1 is 1.30 bits per heavy atom. The average molecular weight is 328 g/mol. The van der Waals surface area contributed by atoms with Crippen LogP contribution in [-0.2, 0) is 11.2 Å². The number of hydrogen-bond donors (Lipinski definition) is 1. The van der Waals surface area contributed by atoms with Crippen molar-refractivity contribution >= 4 is 12.0 Å². The number of carboxylic acids is 1. The molecule has 1 aromatic rings. The van der Waals surface area contributed by atoms with Crippen molar-refractivity contribution in [2.45, 2.75) is 51.3 Å². The molecule has 0 amide bonds. The summed E-state index contributed by atoms with van der Waals surface area (Å²) >= 11 is 0. The van der Waals surface area contributed by atoms with E-state index in [1.807, 2.05) is 6.92 Å². The molecule has 1 aliphatic rings. The van der Waals surface area contributed by atoms with Crippen LogP contribution in [0.2, 0.25) is 0 Å². The third-order valence-electron chi connectivity index (χ3n) is 4.07. The van der Waals surface area contributed by atoms with Gasteiger partial charge in [-0.3, -0.25) is 0 Å². The van der Waals surface area contributed by atoms with Gasteiger partial charge in [-0.1, -0.05) is 26.3 Å². The lowest BCUT2D eigenvalue weighted by Gasteiger charge is -2.39. The molecule has 126 valence electrons. The summed E-state index contributed by atoms with van der Waals surface area (Å²) in [6.07, 6.45) is -2.71. The van der Waals surface area contributed by atoms with E-state index in [4.69, 9.17) is 4.74 Å². The van der Waals surface area contributed by atoms with E-state index in [-0.39, 0.29) is 12.2 Å². The highest BCUT2D eigenvalue weighted by atomic mass is 19.4. The van der Waals surface area contributed by atoms with Crippen molar-refractivity contribution in [3.63, 3.8) is 0 Å². The molecule has 0 fully saturated rings. The van der Waals surface area contributed by atoms with Crippen LogP contribution in [0, 0.1) is 0 Å². The number of carboxylic acid groups (broad SMARTS) is 1. The zero-order chi connectivity index (χ0) is 17.3. The van der Waals surface area contributed by atoms with E-state index < -0.39 is 29.7 Å². The molecule has 1 aliphatic heterocycles. The van der Waals surface area contributed by atoms with Gasteiger partial charge in [-0.2, -0.15) is 13.2 Å². The molecule has 1 atom stereocenters. The van der Waals surface area contributed by atoms with Crippen LogP contribution in [0.3, 0.4) is 0 Å². The first kappa shape index (κ1) is 17.4. The minimum atomic E-state index is -4.81. The van der Waals surface area contributed by atoms with Gasteiger partial charge in [0, 0.05) is 12.0 Å². The molecular weight excluding hydrogens is 309 g/mol. The van der Waals surface area contributed by atoms with Crippen LogP contribution in [0.4, 0.5) is 13.2 Å². The molecule has 0 spiro atoms. The zero-order valence-corrected chi connectivity index (χ0v) is 13.0. The molecule has 0 aliphatic carbocycles. The van der Waals surface area contributed by atoms with E-state index in [0.717, 1.165) is 11.6 Å². The van der Waals surface area contributed by atoms with Crippen LogP contribution in [0.15, 0.2) is 23.8 Å². The predicted octanol–water partition coefficient (Wildman–Crippen LogP) is 4.60. The third-order valence-corrected chi connectivity index (χ3v) is 4.07. The molecule has 2 rings (SSSR count). The molecule has 0 saturated heterocycles. The number of benzene rings is 1. The van der Waals surface area contributed by atoms with Gasteiger partial charge in [-0.25, -0.2) is 4.79 Å². The first-order valence-electron chi connectivity index (χ1n) is 7.59. The summed E-state index contributed by atoms with van der Waals surface area (Å²) < 4.78 is 46.5. The van der Waals surface area contributed by atoms with Crippen molar-refractivity contribution in [1.29, 1.82) is 0 Å². The van der Waals surface area contributed by atoms with Gasteiger partial charge in [0.2, 0.25) is 5.60 Å². The standard InChI is InChI=1S/C17H19F3O3/c1-3-5-8-16(17(18,19)20)13(15(21)22)10-12-9-11(4-2)6-7-14(12)23-16/h6-7,9-10H,3-5,8H2,1-2H3,(H,21,22). The highest BCUT2D eigenvalue weighted by Crippen LogP contribution is 2.48. The smallest absolute Gasteiger partial charge is 0.432 e. The van der Waals surface area contributed by atoms with Gasteiger partial charge in [0.1, 0.15) is 5.75 Å². The third kappa shape index (κ3) is 3.07. The molecule has 0 radical (unpaired) electrons. The number of aliphatic carboxylic acids is 1. The van der Waals surface area contributed by atoms with Crippen molar-refractivity contribution < 1.29 is 27.8 Å². The SMILES string of the molecule is CCCCC1(C(F)(F)F)Oc2ccc(CC)cc2C=C1C(=O)O. The lowest BCUT2D eigenvalue weighted by Crippen LogP contribution is -2.54. The molecule has 0 saturated carbocycles. The molecule has 3 nitrogen and oxygen atoms in total. The fourth-order valence-corrected chi connectivity index (χ4v) is 2.74. The van der Waals surface area contributed by atoms with Crippen molar-refractivity contribution in [2.24, 2.45) is 0 Å². The van der Waals surface area contributed by atoms with Crippen molar-refractivity contribution in [2.75, 3.05) is 0 Å².